The van der Waals surface area contributed by atoms with Gasteiger partial charge in [-0.15, -0.1) is 12.4 Å². The van der Waals surface area contributed by atoms with Crippen LogP contribution in [-0.2, 0) is 9.59 Å². The highest BCUT2D eigenvalue weighted by Crippen LogP contribution is 2.31. The Bertz CT molecular complexity index is 581. The molecule has 3 N–H and O–H groups in total. The second-order valence-corrected chi connectivity index (χ2v) is 6.31. The topological polar surface area (TPSA) is 70.2 Å². The van der Waals surface area contributed by atoms with Crippen LogP contribution >= 0.6 is 12.4 Å². The Morgan fingerprint density at radius 2 is 1.61 bits per heavy atom. The lowest BCUT2D eigenvalue weighted by Gasteiger charge is -2.22. The Morgan fingerprint density at radius 1 is 1.00 bits per heavy atom. The minimum Gasteiger partial charge on any atom is -0.326 e. The monoisotopic (exact) mass is 337 g/mol. The number of hydrogen-bond donors (Lipinski definition) is 3. The van der Waals surface area contributed by atoms with Gasteiger partial charge in [0.25, 0.3) is 0 Å². The minimum atomic E-state index is 0. The van der Waals surface area contributed by atoms with Gasteiger partial charge in [0, 0.05) is 23.2 Å². The van der Waals surface area contributed by atoms with Crippen LogP contribution in [0.5, 0.6) is 0 Å². The quantitative estimate of drug-likeness (QED) is 0.791. The molecule has 2 amide bonds. The van der Waals surface area contributed by atoms with Crippen molar-refractivity contribution in [2.45, 2.75) is 32.6 Å². The average molecular weight is 338 g/mol. The Morgan fingerprint density at radius 3 is 2.26 bits per heavy atom. The summed E-state index contributed by atoms with van der Waals surface area (Å²) in [5.41, 5.74) is 2.55. The molecule has 23 heavy (non-hydrogen) atoms. The summed E-state index contributed by atoms with van der Waals surface area (Å²) in [5, 5.41) is 9.21. The van der Waals surface area contributed by atoms with Gasteiger partial charge in [-0.25, -0.2) is 0 Å². The molecule has 3 rings (SSSR count). The highest BCUT2D eigenvalue weighted by atomic mass is 35.5. The van der Waals surface area contributed by atoms with E-state index in [0.717, 1.165) is 55.7 Å². The Hall–Kier alpha value is -1.59. The Kier molecular flexibility index (Phi) is 6.02. The molecule has 0 aromatic heterocycles. The molecule has 6 heteroatoms. The number of amides is 2. The maximum absolute atomic E-state index is 12.3. The lowest BCUT2D eigenvalue weighted by atomic mass is 9.97. The number of aryl methyl sites for hydroxylation is 1. The maximum Gasteiger partial charge on any atom is 0.227 e. The smallest absolute Gasteiger partial charge is 0.227 e. The van der Waals surface area contributed by atoms with Crippen LogP contribution in [0.15, 0.2) is 18.2 Å². The number of halogens is 1. The molecule has 1 heterocycles. The van der Waals surface area contributed by atoms with Gasteiger partial charge < -0.3 is 16.0 Å². The van der Waals surface area contributed by atoms with Gasteiger partial charge in [0.05, 0.1) is 0 Å². The first kappa shape index (κ1) is 17.8. The van der Waals surface area contributed by atoms with E-state index in [1.807, 2.05) is 25.1 Å². The van der Waals surface area contributed by atoms with Crippen LogP contribution in [0.3, 0.4) is 0 Å². The van der Waals surface area contributed by atoms with Crippen LogP contribution in [0.2, 0.25) is 0 Å². The summed E-state index contributed by atoms with van der Waals surface area (Å²) in [4.78, 5) is 24.2. The molecule has 5 nitrogen and oxygen atoms in total. The molecule has 0 unspecified atom stereocenters. The SMILES string of the molecule is Cc1ccc(NC(=O)C2CC2)cc1NC(=O)C1CCNCC1.Cl. The zero-order chi connectivity index (χ0) is 15.5. The maximum atomic E-state index is 12.3. The number of carbonyl (C=O) groups is 2. The molecule has 1 saturated heterocycles. The van der Waals surface area contributed by atoms with Gasteiger partial charge in [0.2, 0.25) is 11.8 Å². The summed E-state index contributed by atoms with van der Waals surface area (Å²) in [6.07, 6.45) is 3.72. The van der Waals surface area contributed by atoms with E-state index in [9.17, 15) is 9.59 Å². The molecule has 1 aliphatic carbocycles. The van der Waals surface area contributed by atoms with Crippen molar-refractivity contribution in [3.63, 3.8) is 0 Å². The number of carbonyl (C=O) groups excluding carboxylic acids is 2. The van der Waals surface area contributed by atoms with Crippen molar-refractivity contribution in [1.82, 2.24) is 5.32 Å². The van der Waals surface area contributed by atoms with Crippen molar-refractivity contribution in [1.29, 1.82) is 0 Å². The van der Waals surface area contributed by atoms with Crippen LogP contribution in [0, 0.1) is 18.8 Å². The highest BCUT2D eigenvalue weighted by molar-refractivity contribution is 5.97. The lowest BCUT2D eigenvalue weighted by Crippen LogP contribution is -2.34. The molecule has 126 valence electrons. The third-order valence-electron chi connectivity index (χ3n) is 4.42. The second kappa shape index (κ2) is 7.79. The van der Waals surface area contributed by atoms with Gasteiger partial charge in [-0.05, 0) is 63.4 Å². The van der Waals surface area contributed by atoms with Crippen molar-refractivity contribution in [2.24, 2.45) is 11.8 Å². The lowest BCUT2D eigenvalue weighted by molar-refractivity contribution is -0.120. The van der Waals surface area contributed by atoms with Gasteiger partial charge in [0.15, 0.2) is 0 Å². The molecule has 1 aromatic carbocycles. The predicted octanol–water partition coefficient (Wildman–Crippen LogP) is 2.70. The van der Waals surface area contributed by atoms with E-state index in [4.69, 9.17) is 0 Å². The Labute approximate surface area is 143 Å². The normalized spacial score (nSPS) is 18.0. The fourth-order valence-electron chi connectivity index (χ4n) is 2.74. The van der Waals surface area contributed by atoms with E-state index in [2.05, 4.69) is 16.0 Å². The highest BCUT2D eigenvalue weighted by Gasteiger charge is 2.29. The molecule has 1 saturated carbocycles. The zero-order valence-corrected chi connectivity index (χ0v) is 14.2. The number of hydrogen-bond acceptors (Lipinski definition) is 3. The van der Waals surface area contributed by atoms with Crippen molar-refractivity contribution >= 4 is 35.6 Å². The standard InChI is InChI=1S/C17H23N3O2.ClH/c1-11-2-5-14(19-16(21)12-3-4-12)10-15(11)20-17(22)13-6-8-18-9-7-13;/h2,5,10,12-13,18H,3-4,6-9H2,1H3,(H,19,21)(H,20,22);1H. The summed E-state index contributed by atoms with van der Waals surface area (Å²) < 4.78 is 0. The summed E-state index contributed by atoms with van der Waals surface area (Å²) in [7, 11) is 0. The molecule has 0 atom stereocenters. The summed E-state index contributed by atoms with van der Waals surface area (Å²) in [5.74, 6) is 0.411. The first-order chi connectivity index (χ1) is 10.6. The van der Waals surface area contributed by atoms with E-state index in [-0.39, 0.29) is 36.1 Å². The van der Waals surface area contributed by atoms with E-state index in [0.29, 0.717) is 0 Å². The van der Waals surface area contributed by atoms with Gasteiger partial charge in [-0.1, -0.05) is 6.07 Å². The molecular formula is C17H24ClN3O2. The van der Waals surface area contributed by atoms with Crippen molar-refractivity contribution in [3.8, 4) is 0 Å². The number of anilines is 2. The fourth-order valence-corrected chi connectivity index (χ4v) is 2.74. The van der Waals surface area contributed by atoms with Gasteiger partial charge in [-0.3, -0.25) is 9.59 Å². The van der Waals surface area contributed by atoms with Gasteiger partial charge in [-0.2, -0.15) is 0 Å². The summed E-state index contributed by atoms with van der Waals surface area (Å²) in [6, 6.07) is 5.67. The van der Waals surface area contributed by atoms with Crippen molar-refractivity contribution in [3.05, 3.63) is 23.8 Å². The van der Waals surface area contributed by atoms with Gasteiger partial charge in [0.1, 0.15) is 0 Å². The third-order valence-corrected chi connectivity index (χ3v) is 4.42. The summed E-state index contributed by atoms with van der Waals surface area (Å²) in [6.45, 7) is 3.76. The molecule has 1 aliphatic heterocycles. The summed E-state index contributed by atoms with van der Waals surface area (Å²) >= 11 is 0. The largest absolute Gasteiger partial charge is 0.326 e. The first-order valence-corrected chi connectivity index (χ1v) is 8.06. The molecular weight excluding hydrogens is 314 g/mol. The molecule has 0 bridgehead atoms. The average Bonchev–Trinajstić information content (AvgIpc) is 3.36. The van der Waals surface area contributed by atoms with Gasteiger partial charge >= 0.3 is 0 Å². The van der Waals surface area contributed by atoms with E-state index < -0.39 is 0 Å². The van der Waals surface area contributed by atoms with E-state index in [1.54, 1.807) is 0 Å². The van der Waals surface area contributed by atoms with Crippen molar-refractivity contribution in [2.75, 3.05) is 23.7 Å². The van der Waals surface area contributed by atoms with Crippen LogP contribution in [-0.4, -0.2) is 24.9 Å². The number of rotatable bonds is 4. The van der Waals surface area contributed by atoms with Crippen LogP contribution in [0.1, 0.15) is 31.2 Å². The van der Waals surface area contributed by atoms with Crippen molar-refractivity contribution < 1.29 is 9.59 Å². The second-order valence-electron chi connectivity index (χ2n) is 6.31. The zero-order valence-electron chi connectivity index (χ0n) is 13.4. The third kappa shape index (κ3) is 4.69. The van der Waals surface area contributed by atoms with Crippen LogP contribution in [0.25, 0.3) is 0 Å². The first-order valence-electron chi connectivity index (χ1n) is 8.06. The van der Waals surface area contributed by atoms with E-state index in [1.165, 1.54) is 0 Å². The molecule has 0 spiro atoms. The number of nitrogens with one attached hydrogen (secondary N) is 3. The number of piperidine rings is 1. The predicted molar refractivity (Wildman–Crippen MR) is 94.0 cm³/mol. The Balaban J connectivity index is 0.00000192. The molecule has 2 aliphatic rings. The minimum absolute atomic E-state index is 0. The van der Waals surface area contributed by atoms with E-state index >= 15 is 0 Å². The fraction of sp³-hybridized carbons (Fsp3) is 0.529. The van der Waals surface area contributed by atoms with Crippen LogP contribution in [0.4, 0.5) is 11.4 Å². The number of benzene rings is 1. The molecule has 1 aromatic rings. The van der Waals surface area contributed by atoms with Crippen LogP contribution < -0.4 is 16.0 Å². The molecule has 2 fully saturated rings. The molecule has 0 radical (unpaired) electrons.